The van der Waals surface area contributed by atoms with Crippen LogP contribution >= 0.6 is 22.7 Å². The summed E-state index contributed by atoms with van der Waals surface area (Å²) in [5, 5.41) is 18.2. The van der Waals surface area contributed by atoms with Gasteiger partial charge < -0.3 is 10.0 Å². The number of carboxylic acid groups (broad SMARTS) is 1. The second kappa shape index (κ2) is 9.04. The summed E-state index contributed by atoms with van der Waals surface area (Å²) in [6.45, 7) is 11.5. The fourth-order valence-electron chi connectivity index (χ4n) is 6.21. The van der Waals surface area contributed by atoms with Gasteiger partial charge in [-0.2, -0.15) is 5.26 Å². The molecule has 0 saturated carbocycles. The van der Waals surface area contributed by atoms with Gasteiger partial charge in [0.15, 0.2) is 5.78 Å². The van der Waals surface area contributed by atoms with Gasteiger partial charge in [-0.15, -0.1) is 22.7 Å². The quantitative estimate of drug-likeness (QED) is 0.270. The highest BCUT2D eigenvalue weighted by atomic mass is 32.1. The maximum atomic E-state index is 13.6. The number of rotatable bonds is 4. The molecule has 0 spiro atoms. The Kier molecular flexibility index (Phi) is 5.98. The van der Waals surface area contributed by atoms with Gasteiger partial charge in [0.1, 0.15) is 11.6 Å². The molecule has 6 rings (SSSR count). The molecule has 5 nitrogen and oxygen atoms in total. The molecule has 0 fully saturated rings. The lowest BCUT2D eigenvalue weighted by atomic mass is 9.66. The van der Waals surface area contributed by atoms with Gasteiger partial charge in [-0.3, -0.25) is 4.79 Å². The standard InChI is InChI=1S/C32H30N2O3S2/c1-31(2)9-11-34-12-10-32(3,4)28-21-16-24(35)22(14-18(21)15-23(31)29(28)34)25-7-8-27(39-25)26-6-5-20(38-26)13-19(17-33)30(36)37/h5-8,13-15H,9-12,16H2,1-4H3,(H,36,37). The zero-order valence-electron chi connectivity index (χ0n) is 22.6. The zero-order valence-corrected chi connectivity index (χ0v) is 24.2. The van der Waals surface area contributed by atoms with Gasteiger partial charge in [-0.05, 0) is 88.4 Å². The van der Waals surface area contributed by atoms with Crippen molar-refractivity contribution in [3.05, 3.63) is 67.9 Å². The number of ketones is 1. The SMILES string of the molecule is CC1(C)CCN2CCC(C)(C)c3c4c(cc1c32)C=C(c1ccc(-c2ccc(C=C(C#N)C(=O)O)s2)s1)C(=O)C4. The van der Waals surface area contributed by atoms with Crippen molar-refractivity contribution in [3.63, 3.8) is 0 Å². The van der Waals surface area contributed by atoms with Crippen LogP contribution in [0.1, 0.15) is 72.5 Å². The highest BCUT2D eigenvalue weighted by Crippen LogP contribution is 2.52. The number of carboxylic acids is 1. The van der Waals surface area contributed by atoms with E-state index in [9.17, 15) is 9.59 Å². The number of aliphatic carboxylic acids is 1. The first-order valence-electron chi connectivity index (χ1n) is 13.2. The number of anilines is 1. The first-order valence-corrected chi connectivity index (χ1v) is 14.9. The molecule has 3 aliphatic rings. The van der Waals surface area contributed by atoms with E-state index in [2.05, 4.69) is 44.7 Å². The number of allylic oxidation sites excluding steroid dienone is 1. The van der Waals surface area contributed by atoms with E-state index in [1.165, 1.54) is 45.4 Å². The predicted octanol–water partition coefficient (Wildman–Crippen LogP) is 7.30. The molecule has 1 aromatic carbocycles. The maximum absolute atomic E-state index is 13.6. The lowest BCUT2D eigenvalue weighted by molar-refractivity contribution is -0.132. The Balaban J connectivity index is 1.41. The number of nitrogens with zero attached hydrogens (tertiary/aromatic N) is 2. The van der Waals surface area contributed by atoms with E-state index in [1.807, 2.05) is 24.3 Å². The van der Waals surface area contributed by atoms with Crippen LogP contribution in [0.15, 0.2) is 35.9 Å². The van der Waals surface area contributed by atoms with Crippen molar-refractivity contribution in [2.45, 2.75) is 57.8 Å². The summed E-state index contributed by atoms with van der Waals surface area (Å²) < 4.78 is 0. The molecule has 39 heavy (non-hydrogen) atoms. The fraction of sp³-hybridized carbons (Fsp3) is 0.344. The van der Waals surface area contributed by atoms with E-state index in [1.54, 1.807) is 17.4 Å². The molecule has 1 N–H and O–H groups in total. The predicted molar refractivity (Wildman–Crippen MR) is 159 cm³/mol. The first kappa shape index (κ1) is 25.8. The van der Waals surface area contributed by atoms with Crippen molar-refractivity contribution in [3.8, 4) is 15.8 Å². The van der Waals surface area contributed by atoms with E-state index in [0.29, 0.717) is 11.3 Å². The summed E-state index contributed by atoms with van der Waals surface area (Å²) >= 11 is 3.01. The Morgan fingerprint density at radius 1 is 1.03 bits per heavy atom. The number of benzene rings is 1. The van der Waals surface area contributed by atoms with Gasteiger partial charge in [0.25, 0.3) is 0 Å². The lowest BCUT2D eigenvalue weighted by Gasteiger charge is -2.49. The summed E-state index contributed by atoms with van der Waals surface area (Å²) in [5.41, 5.74) is 7.14. The second-order valence-corrected chi connectivity index (χ2v) is 14.2. The monoisotopic (exact) mass is 554 g/mol. The van der Waals surface area contributed by atoms with Gasteiger partial charge in [-0.25, -0.2) is 4.79 Å². The molecule has 0 radical (unpaired) electrons. The molecule has 4 heterocycles. The largest absolute Gasteiger partial charge is 0.477 e. The van der Waals surface area contributed by atoms with Crippen molar-refractivity contribution in [2.75, 3.05) is 18.0 Å². The van der Waals surface area contributed by atoms with Crippen LogP contribution in [-0.4, -0.2) is 29.9 Å². The summed E-state index contributed by atoms with van der Waals surface area (Å²) in [6.07, 6.45) is 6.15. The van der Waals surface area contributed by atoms with Crippen LogP contribution in [0.2, 0.25) is 0 Å². The van der Waals surface area contributed by atoms with Gasteiger partial charge >= 0.3 is 5.97 Å². The molecule has 2 aromatic heterocycles. The number of fused-ring (bicyclic) bond motifs is 2. The third kappa shape index (κ3) is 4.27. The molecule has 3 aromatic rings. The van der Waals surface area contributed by atoms with Crippen LogP contribution in [0.5, 0.6) is 0 Å². The Morgan fingerprint density at radius 3 is 2.41 bits per heavy atom. The molecule has 0 atom stereocenters. The molecule has 198 valence electrons. The molecule has 1 aliphatic carbocycles. The molecule has 0 amide bonds. The third-order valence-corrected chi connectivity index (χ3v) is 10.8. The second-order valence-electron chi connectivity index (χ2n) is 12.0. The van der Waals surface area contributed by atoms with Crippen LogP contribution in [0.3, 0.4) is 0 Å². The maximum Gasteiger partial charge on any atom is 0.346 e. The molecule has 0 saturated heterocycles. The Morgan fingerprint density at radius 2 is 1.69 bits per heavy atom. The topological polar surface area (TPSA) is 81.4 Å². The Hall–Kier alpha value is -3.47. The smallest absolute Gasteiger partial charge is 0.346 e. The summed E-state index contributed by atoms with van der Waals surface area (Å²) in [4.78, 5) is 31.0. The number of hydrogen-bond donors (Lipinski definition) is 1. The Bertz CT molecular complexity index is 1660. The normalized spacial score (nSPS) is 19.2. The fourth-order valence-corrected chi connectivity index (χ4v) is 8.29. The lowest BCUT2D eigenvalue weighted by Crippen LogP contribution is -2.45. The van der Waals surface area contributed by atoms with E-state index >= 15 is 0 Å². The average molecular weight is 555 g/mol. The first-order chi connectivity index (χ1) is 18.5. The van der Waals surface area contributed by atoms with Gasteiger partial charge in [-0.1, -0.05) is 27.7 Å². The highest BCUT2D eigenvalue weighted by molar-refractivity contribution is 7.23. The van der Waals surface area contributed by atoms with Crippen molar-refractivity contribution in [1.29, 1.82) is 5.26 Å². The van der Waals surface area contributed by atoms with Crippen molar-refractivity contribution in [1.82, 2.24) is 0 Å². The number of hydrogen-bond acceptors (Lipinski definition) is 6. The average Bonchev–Trinajstić information content (AvgIpc) is 3.55. The summed E-state index contributed by atoms with van der Waals surface area (Å²) in [6, 6.07) is 11.9. The number of Topliss-reactive ketones (excluding diaryl/α,β-unsaturated/α-hetero) is 1. The van der Waals surface area contributed by atoms with E-state index in [4.69, 9.17) is 10.4 Å². The van der Waals surface area contributed by atoms with E-state index in [0.717, 1.165) is 46.1 Å². The molecular weight excluding hydrogens is 524 g/mol. The zero-order chi connectivity index (χ0) is 27.7. The minimum atomic E-state index is -1.23. The van der Waals surface area contributed by atoms with Crippen molar-refractivity contribution >= 4 is 57.8 Å². The van der Waals surface area contributed by atoms with Gasteiger partial charge in [0, 0.05) is 50.3 Å². The number of nitriles is 1. The molecule has 0 bridgehead atoms. The number of carbonyl (C=O) groups excluding carboxylic acids is 1. The molecule has 2 aliphatic heterocycles. The summed E-state index contributed by atoms with van der Waals surface area (Å²) in [5.74, 6) is -1.08. The van der Waals surface area contributed by atoms with Crippen LogP contribution in [0.25, 0.3) is 27.5 Å². The van der Waals surface area contributed by atoms with Crippen LogP contribution < -0.4 is 4.90 Å². The summed E-state index contributed by atoms with van der Waals surface area (Å²) in [7, 11) is 0. The van der Waals surface area contributed by atoms with Crippen LogP contribution in [0, 0.1) is 11.3 Å². The minimum absolute atomic E-state index is 0.0262. The highest BCUT2D eigenvalue weighted by Gasteiger charge is 2.43. The van der Waals surface area contributed by atoms with E-state index < -0.39 is 5.97 Å². The van der Waals surface area contributed by atoms with Gasteiger partial charge in [0.2, 0.25) is 0 Å². The minimum Gasteiger partial charge on any atom is -0.477 e. The van der Waals surface area contributed by atoms with Crippen LogP contribution in [0.4, 0.5) is 5.69 Å². The Labute approximate surface area is 236 Å². The number of thiophene rings is 2. The van der Waals surface area contributed by atoms with Crippen molar-refractivity contribution < 1.29 is 14.7 Å². The van der Waals surface area contributed by atoms with Crippen LogP contribution in [-0.2, 0) is 26.8 Å². The van der Waals surface area contributed by atoms with Gasteiger partial charge in [0.05, 0.1) is 0 Å². The van der Waals surface area contributed by atoms with E-state index in [-0.39, 0.29) is 22.2 Å². The van der Waals surface area contributed by atoms with Crippen molar-refractivity contribution in [2.24, 2.45) is 0 Å². The molecular formula is C32H30N2O3S2. The number of carbonyl (C=O) groups is 2. The molecule has 0 unspecified atom stereocenters. The molecule has 7 heteroatoms. The third-order valence-electron chi connectivity index (χ3n) is 8.49.